The maximum Gasteiger partial charge on any atom is 0.408 e. The Labute approximate surface area is 97.5 Å². The average Bonchev–Trinajstić information content (AvgIpc) is 2.63. The van der Waals surface area contributed by atoms with Crippen molar-refractivity contribution in [2.45, 2.75) is 31.7 Å². The molecule has 1 heterocycles. The van der Waals surface area contributed by atoms with Crippen molar-refractivity contribution in [2.75, 3.05) is 6.54 Å². The van der Waals surface area contributed by atoms with Gasteiger partial charge in [0.2, 0.25) is 0 Å². The van der Waals surface area contributed by atoms with E-state index >= 15 is 0 Å². The summed E-state index contributed by atoms with van der Waals surface area (Å²) in [5.41, 5.74) is -0.392. The van der Waals surface area contributed by atoms with Gasteiger partial charge in [-0.05, 0) is 31.1 Å². The van der Waals surface area contributed by atoms with Crippen LogP contribution in [-0.2, 0) is 4.79 Å². The molecule has 1 unspecified atom stereocenters. The molecule has 0 bridgehead atoms. The van der Waals surface area contributed by atoms with E-state index in [9.17, 15) is 14.0 Å². The molecular weight excluding hydrogens is 229 g/mol. The SMILES string of the molecule is O=C(O)[C@@H]1CC2(CC=C(F)CC2)CN1C(=O)O. The Hall–Kier alpha value is -1.59. The van der Waals surface area contributed by atoms with Crippen LogP contribution in [0, 0.1) is 5.41 Å². The van der Waals surface area contributed by atoms with Crippen molar-refractivity contribution in [1.82, 2.24) is 4.90 Å². The van der Waals surface area contributed by atoms with Gasteiger partial charge in [0.1, 0.15) is 6.04 Å². The second-order valence-corrected chi connectivity index (χ2v) is 4.82. The largest absolute Gasteiger partial charge is 0.480 e. The number of hydrogen-bond acceptors (Lipinski definition) is 2. The number of amides is 1. The molecule has 6 heteroatoms. The molecule has 1 aliphatic heterocycles. The van der Waals surface area contributed by atoms with Crippen LogP contribution < -0.4 is 0 Å². The third-order valence-electron chi connectivity index (χ3n) is 3.69. The summed E-state index contributed by atoms with van der Waals surface area (Å²) < 4.78 is 12.9. The van der Waals surface area contributed by atoms with Gasteiger partial charge >= 0.3 is 12.1 Å². The Balaban J connectivity index is 2.19. The topological polar surface area (TPSA) is 77.8 Å². The number of allylic oxidation sites excluding steroid dienone is 2. The number of nitrogens with zero attached hydrogens (tertiary/aromatic N) is 1. The summed E-state index contributed by atoms with van der Waals surface area (Å²) >= 11 is 0. The molecule has 0 saturated carbocycles. The molecule has 1 fully saturated rings. The second-order valence-electron chi connectivity index (χ2n) is 4.82. The van der Waals surface area contributed by atoms with Gasteiger partial charge in [0.05, 0.1) is 5.83 Å². The Kier molecular flexibility index (Phi) is 2.81. The molecular formula is C11H14FNO4. The molecule has 2 N–H and O–H groups in total. The van der Waals surface area contributed by atoms with E-state index in [1.165, 1.54) is 6.08 Å². The van der Waals surface area contributed by atoms with Crippen molar-refractivity contribution in [1.29, 1.82) is 0 Å². The van der Waals surface area contributed by atoms with Crippen LogP contribution in [0.4, 0.5) is 9.18 Å². The Morgan fingerprint density at radius 2 is 2.18 bits per heavy atom. The van der Waals surface area contributed by atoms with Crippen molar-refractivity contribution >= 4 is 12.1 Å². The molecule has 5 nitrogen and oxygen atoms in total. The van der Waals surface area contributed by atoms with Crippen molar-refractivity contribution in [3.05, 3.63) is 11.9 Å². The zero-order chi connectivity index (χ0) is 12.6. The van der Waals surface area contributed by atoms with Gasteiger partial charge < -0.3 is 10.2 Å². The molecule has 1 spiro atoms. The van der Waals surface area contributed by atoms with Crippen LogP contribution in [0.15, 0.2) is 11.9 Å². The second kappa shape index (κ2) is 4.01. The zero-order valence-corrected chi connectivity index (χ0v) is 9.23. The van der Waals surface area contributed by atoms with Crippen molar-refractivity contribution in [3.63, 3.8) is 0 Å². The fraction of sp³-hybridized carbons (Fsp3) is 0.636. The highest BCUT2D eigenvalue weighted by Gasteiger charge is 2.49. The fourth-order valence-corrected chi connectivity index (χ4v) is 2.72. The van der Waals surface area contributed by atoms with Gasteiger partial charge in [0, 0.05) is 6.54 Å². The van der Waals surface area contributed by atoms with E-state index in [1.807, 2.05) is 0 Å². The Morgan fingerprint density at radius 3 is 2.59 bits per heavy atom. The number of rotatable bonds is 1. The Bertz CT molecular complexity index is 371. The normalized spacial score (nSPS) is 32.6. The average molecular weight is 243 g/mol. The van der Waals surface area contributed by atoms with Gasteiger partial charge in [0.15, 0.2) is 0 Å². The molecule has 0 radical (unpaired) electrons. The number of carbonyl (C=O) groups is 2. The minimum Gasteiger partial charge on any atom is -0.480 e. The van der Waals surface area contributed by atoms with Crippen molar-refractivity contribution in [3.8, 4) is 0 Å². The quantitative estimate of drug-likeness (QED) is 0.736. The molecule has 1 aliphatic carbocycles. The first-order chi connectivity index (χ1) is 7.93. The van der Waals surface area contributed by atoms with Gasteiger partial charge in [-0.2, -0.15) is 0 Å². The lowest BCUT2D eigenvalue weighted by Crippen LogP contribution is -2.39. The van der Waals surface area contributed by atoms with Crippen LogP contribution in [0.3, 0.4) is 0 Å². The lowest BCUT2D eigenvalue weighted by Gasteiger charge is -2.30. The summed E-state index contributed by atoms with van der Waals surface area (Å²) in [5, 5.41) is 18.0. The number of carboxylic acid groups (broad SMARTS) is 2. The van der Waals surface area contributed by atoms with E-state index < -0.39 is 23.5 Å². The highest BCUT2D eigenvalue weighted by atomic mass is 19.1. The summed E-state index contributed by atoms with van der Waals surface area (Å²) in [5.74, 6) is -1.31. The predicted molar refractivity (Wildman–Crippen MR) is 56.2 cm³/mol. The van der Waals surface area contributed by atoms with Crippen molar-refractivity contribution < 1.29 is 24.2 Å². The number of hydrogen-bond donors (Lipinski definition) is 2. The van der Waals surface area contributed by atoms with Crippen molar-refractivity contribution in [2.24, 2.45) is 5.41 Å². The standard InChI is InChI=1S/C11H14FNO4/c12-7-1-3-11(4-2-7)5-8(9(14)15)13(6-11)10(16)17/h1,8H,2-6H2,(H,14,15)(H,16,17)/t8-,11?/m0/s1. The lowest BCUT2D eigenvalue weighted by molar-refractivity contribution is -0.141. The van der Waals surface area contributed by atoms with Crippen LogP contribution in [0.25, 0.3) is 0 Å². The summed E-state index contributed by atoms with van der Waals surface area (Å²) in [6.45, 7) is 0.184. The first kappa shape index (κ1) is 11.9. The maximum absolute atomic E-state index is 12.9. The molecule has 0 aromatic carbocycles. The molecule has 0 aromatic rings. The summed E-state index contributed by atoms with van der Waals surface area (Å²) in [7, 11) is 0. The number of halogens is 1. The fourth-order valence-electron chi connectivity index (χ4n) is 2.72. The maximum atomic E-state index is 12.9. The van der Waals surface area contributed by atoms with Crippen LogP contribution in [0.1, 0.15) is 25.7 Å². The number of aliphatic carboxylic acids is 1. The summed E-state index contributed by atoms with van der Waals surface area (Å²) in [6.07, 6.45) is 1.73. The van der Waals surface area contributed by atoms with Gasteiger partial charge in [-0.25, -0.2) is 14.0 Å². The minimum atomic E-state index is -1.22. The van der Waals surface area contributed by atoms with E-state index in [0.717, 1.165) is 4.90 Å². The molecule has 1 saturated heterocycles. The van der Waals surface area contributed by atoms with Crippen LogP contribution in [0.2, 0.25) is 0 Å². The molecule has 0 aromatic heterocycles. The minimum absolute atomic E-state index is 0.184. The first-order valence-electron chi connectivity index (χ1n) is 5.50. The van der Waals surface area contributed by atoms with Crippen LogP contribution in [-0.4, -0.2) is 39.8 Å². The highest BCUT2D eigenvalue weighted by molar-refractivity contribution is 5.80. The van der Waals surface area contributed by atoms with E-state index in [1.54, 1.807) is 0 Å². The number of likely N-dealkylation sites (tertiary alicyclic amines) is 1. The molecule has 2 aliphatic rings. The van der Waals surface area contributed by atoms with Gasteiger partial charge in [-0.15, -0.1) is 0 Å². The third-order valence-corrected chi connectivity index (χ3v) is 3.69. The molecule has 1 amide bonds. The van der Waals surface area contributed by atoms with E-state index in [0.29, 0.717) is 12.8 Å². The third kappa shape index (κ3) is 2.11. The predicted octanol–water partition coefficient (Wildman–Crippen LogP) is 1.85. The van der Waals surface area contributed by atoms with E-state index in [-0.39, 0.29) is 25.2 Å². The van der Waals surface area contributed by atoms with Gasteiger partial charge in [-0.3, -0.25) is 4.90 Å². The smallest absolute Gasteiger partial charge is 0.408 e. The molecule has 2 atom stereocenters. The summed E-state index contributed by atoms with van der Waals surface area (Å²) in [4.78, 5) is 22.9. The highest BCUT2D eigenvalue weighted by Crippen LogP contribution is 2.45. The zero-order valence-electron chi connectivity index (χ0n) is 9.23. The van der Waals surface area contributed by atoms with Crippen LogP contribution in [0.5, 0.6) is 0 Å². The Morgan fingerprint density at radius 1 is 1.47 bits per heavy atom. The van der Waals surface area contributed by atoms with Gasteiger partial charge in [-0.1, -0.05) is 6.08 Å². The molecule has 2 rings (SSSR count). The van der Waals surface area contributed by atoms with E-state index in [4.69, 9.17) is 10.2 Å². The summed E-state index contributed by atoms with van der Waals surface area (Å²) in [6, 6.07) is -0.998. The molecule has 94 valence electrons. The number of carboxylic acids is 1. The van der Waals surface area contributed by atoms with E-state index in [2.05, 4.69) is 0 Å². The van der Waals surface area contributed by atoms with Gasteiger partial charge in [0.25, 0.3) is 0 Å². The lowest BCUT2D eigenvalue weighted by atomic mass is 9.75. The van der Waals surface area contributed by atoms with Crippen LogP contribution >= 0.6 is 0 Å². The monoisotopic (exact) mass is 243 g/mol. The molecule has 17 heavy (non-hydrogen) atoms. The first-order valence-corrected chi connectivity index (χ1v) is 5.50.